The van der Waals surface area contributed by atoms with Gasteiger partial charge in [-0.2, -0.15) is 0 Å². The van der Waals surface area contributed by atoms with E-state index in [0.717, 1.165) is 0 Å². The minimum Gasteiger partial charge on any atom is -0.445 e. The molecule has 0 unspecified atom stereocenters. The molecule has 1 aliphatic heterocycles. The van der Waals surface area contributed by atoms with E-state index in [0.29, 0.717) is 43.3 Å². The lowest BCUT2D eigenvalue weighted by molar-refractivity contribution is 0.0821. The summed E-state index contributed by atoms with van der Waals surface area (Å²) in [7, 11) is 3.33. The lowest BCUT2D eigenvalue weighted by Gasteiger charge is -2.30. The normalized spacial score (nSPS) is 14.8. The third-order valence-corrected chi connectivity index (χ3v) is 5.04. The molecule has 1 aliphatic rings. The lowest BCUT2D eigenvalue weighted by Crippen LogP contribution is -2.40. The molecule has 0 saturated carbocycles. The number of anilines is 1. The summed E-state index contributed by atoms with van der Waals surface area (Å²) in [6.07, 6.45) is 1.28. The van der Waals surface area contributed by atoms with Crippen LogP contribution in [0.15, 0.2) is 22.6 Å². The zero-order valence-electron chi connectivity index (χ0n) is 16.0. The molecule has 150 valence electrons. The highest BCUT2D eigenvalue weighted by Crippen LogP contribution is 2.30. The van der Waals surface area contributed by atoms with Crippen molar-refractivity contribution in [3.63, 3.8) is 0 Å². The molecule has 28 heavy (non-hydrogen) atoms. The monoisotopic (exact) mass is 408 g/mol. The lowest BCUT2D eigenvalue weighted by atomic mass is 9.97. The molecule has 1 aromatic carbocycles. The van der Waals surface area contributed by atoms with Crippen molar-refractivity contribution in [1.29, 1.82) is 0 Å². The Kier molecular flexibility index (Phi) is 5.88. The number of likely N-dealkylation sites (tertiary alicyclic amines) is 1. The van der Waals surface area contributed by atoms with E-state index in [1.165, 1.54) is 17.0 Å². The Balaban J connectivity index is 1.61. The van der Waals surface area contributed by atoms with Crippen LogP contribution < -0.4 is 5.32 Å². The van der Waals surface area contributed by atoms with Gasteiger partial charge in [0.25, 0.3) is 5.91 Å². The maximum atomic E-state index is 14.0. The number of nitrogens with one attached hydrogen (secondary N) is 1. The summed E-state index contributed by atoms with van der Waals surface area (Å²) in [5.41, 5.74) is 0.367. The molecule has 1 aromatic heterocycles. The number of urea groups is 1. The highest BCUT2D eigenvalue weighted by Gasteiger charge is 2.29. The number of aromatic nitrogens is 1. The van der Waals surface area contributed by atoms with E-state index in [1.54, 1.807) is 32.0 Å². The summed E-state index contributed by atoms with van der Waals surface area (Å²) >= 11 is 5.74. The van der Waals surface area contributed by atoms with Gasteiger partial charge in [0.05, 0.1) is 10.7 Å². The quantitative estimate of drug-likeness (QED) is 0.835. The zero-order valence-corrected chi connectivity index (χ0v) is 16.7. The Morgan fingerprint density at radius 1 is 1.32 bits per heavy atom. The van der Waals surface area contributed by atoms with Gasteiger partial charge in [0, 0.05) is 33.1 Å². The van der Waals surface area contributed by atoms with E-state index < -0.39 is 5.82 Å². The van der Waals surface area contributed by atoms with Crippen LogP contribution in [0.2, 0.25) is 5.02 Å². The van der Waals surface area contributed by atoms with Crippen molar-refractivity contribution in [3.8, 4) is 0 Å². The fourth-order valence-electron chi connectivity index (χ4n) is 3.13. The molecule has 0 aliphatic carbocycles. The number of hydrogen-bond donors (Lipinski definition) is 1. The Morgan fingerprint density at radius 3 is 2.64 bits per heavy atom. The number of nitrogens with zero attached hydrogens (tertiary/aromatic N) is 3. The van der Waals surface area contributed by atoms with Crippen molar-refractivity contribution in [2.45, 2.75) is 25.7 Å². The van der Waals surface area contributed by atoms with Gasteiger partial charge in [0.15, 0.2) is 17.4 Å². The molecule has 0 atom stereocenters. The Labute approximate surface area is 167 Å². The molecule has 1 fully saturated rings. The largest absolute Gasteiger partial charge is 0.445 e. The third kappa shape index (κ3) is 4.11. The van der Waals surface area contributed by atoms with E-state index in [9.17, 15) is 14.0 Å². The number of piperidine rings is 1. The van der Waals surface area contributed by atoms with E-state index in [4.69, 9.17) is 16.0 Å². The molecule has 2 aromatic rings. The van der Waals surface area contributed by atoms with Gasteiger partial charge in [0.2, 0.25) is 0 Å². The van der Waals surface area contributed by atoms with Crippen LogP contribution in [0.1, 0.15) is 40.9 Å². The van der Waals surface area contributed by atoms with Crippen LogP contribution in [-0.2, 0) is 0 Å². The summed E-state index contributed by atoms with van der Waals surface area (Å²) in [6.45, 7) is 2.66. The number of halogens is 2. The van der Waals surface area contributed by atoms with Crippen molar-refractivity contribution in [2.75, 3.05) is 32.5 Å². The third-order valence-electron chi connectivity index (χ3n) is 4.75. The molecule has 7 nitrogen and oxygen atoms in total. The van der Waals surface area contributed by atoms with E-state index >= 15 is 0 Å². The molecular weight excluding hydrogens is 387 g/mol. The first-order valence-corrected chi connectivity index (χ1v) is 9.34. The minimum atomic E-state index is -0.652. The first kappa shape index (κ1) is 20.1. The van der Waals surface area contributed by atoms with Crippen LogP contribution >= 0.6 is 11.6 Å². The van der Waals surface area contributed by atoms with Gasteiger partial charge in [-0.25, -0.2) is 14.2 Å². The number of hydrogen-bond acceptors (Lipinski definition) is 4. The number of rotatable bonds is 3. The number of carbonyl (C=O) groups excluding carboxylic acids is 2. The number of carbonyl (C=O) groups is 2. The van der Waals surface area contributed by atoms with Gasteiger partial charge < -0.3 is 19.5 Å². The second-order valence-electron chi connectivity index (χ2n) is 6.95. The SMILES string of the molecule is Cc1oc(C2CCN(C(=O)Nc3cccc(Cl)c3F)CC2)nc1C(=O)N(C)C. The number of oxazole rings is 1. The van der Waals surface area contributed by atoms with E-state index in [2.05, 4.69) is 10.3 Å². The predicted molar refractivity (Wildman–Crippen MR) is 103 cm³/mol. The van der Waals surface area contributed by atoms with Crippen molar-refractivity contribution >= 4 is 29.2 Å². The van der Waals surface area contributed by atoms with Crippen LogP contribution in [0.4, 0.5) is 14.9 Å². The van der Waals surface area contributed by atoms with Gasteiger partial charge in [0.1, 0.15) is 5.76 Å². The van der Waals surface area contributed by atoms with Crippen LogP contribution in [-0.4, -0.2) is 53.9 Å². The van der Waals surface area contributed by atoms with Crippen LogP contribution in [0, 0.1) is 12.7 Å². The number of amides is 3. The summed E-state index contributed by atoms with van der Waals surface area (Å²) in [5, 5.41) is 2.51. The van der Waals surface area contributed by atoms with Gasteiger partial charge >= 0.3 is 6.03 Å². The van der Waals surface area contributed by atoms with Crippen molar-refractivity contribution in [3.05, 3.63) is 46.4 Å². The molecule has 0 spiro atoms. The molecule has 1 saturated heterocycles. The van der Waals surface area contributed by atoms with Crippen LogP contribution in [0.5, 0.6) is 0 Å². The summed E-state index contributed by atoms with van der Waals surface area (Å²) in [5.74, 6) is 0.178. The molecule has 9 heteroatoms. The fourth-order valence-corrected chi connectivity index (χ4v) is 3.30. The topological polar surface area (TPSA) is 78.7 Å². The van der Waals surface area contributed by atoms with Crippen molar-refractivity contribution in [1.82, 2.24) is 14.8 Å². The van der Waals surface area contributed by atoms with Crippen LogP contribution in [0.3, 0.4) is 0 Å². The maximum absolute atomic E-state index is 14.0. The fraction of sp³-hybridized carbons (Fsp3) is 0.421. The van der Waals surface area contributed by atoms with Gasteiger partial charge in [-0.1, -0.05) is 17.7 Å². The second-order valence-corrected chi connectivity index (χ2v) is 7.36. The molecular formula is C19H22ClFN4O3. The second kappa shape index (κ2) is 8.18. The average Bonchev–Trinajstić information content (AvgIpc) is 3.06. The Morgan fingerprint density at radius 2 is 2.00 bits per heavy atom. The standard InChI is InChI=1S/C19H22ClFN4O3/c1-11-16(18(26)24(2)3)23-17(28-11)12-7-9-25(10-8-12)19(27)22-14-6-4-5-13(20)15(14)21/h4-6,12H,7-10H2,1-3H3,(H,22,27). The van der Waals surface area contributed by atoms with Crippen molar-refractivity contribution in [2.24, 2.45) is 0 Å². The van der Waals surface area contributed by atoms with E-state index in [1.807, 2.05) is 0 Å². The molecule has 3 amide bonds. The molecule has 0 bridgehead atoms. The first-order chi connectivity index (χ1) is 13.3. The van der Waals surface area contributed by atoms with Crippen molar-refractivity contribution < 1.29 is 18.4 Å². The van der Waals surface area contributed by atoms with Gasteiger partial charge in [-0.05, 0) is 31.9 Å². The molecule has 1 N–H and O–H groups in total. The van der Waals surface area contributed by atoms with Gasteiger partial charge in [-0.3, -0.25) is 4.79 Å². The minimum absolute atomic E-state index is 0.0226. The smallest absolute Gasteiger partial charge is 0.321 e. The number of benzene rings is 1. The first-order valence-electron chi connectivity index (χ1n) is 8.96. The summed E-state index contributed by atoms with van der Waals surface area (Å²) in [6, 6.07) is 4.08. The van der Waals surface area contributed by atoms with Gasteiger partial charge in [-0.15, -0.1) is 0 Å². The highest BCUT2D eigenvalue weighted by atomic mass is 35.5. The Bertz CT molecular complexity index is 891. The Hall–Kier alpha value is -2.61. The van der Waals surface area contributed by atoms with E-state index in [-0.39, 0.29) is 28.6 Å². The molecule has 0 radical (unpaired) electrons. The average molecular weight is 409 g/mol. The molecule has 3 rings (SSSR count). The zero-order chi connectivity index (χ0) is 20.4. The summed E-state index contributed by atoms with van der Waals surface area (Å²) < 4.78 is 19.7. The van der Waals surface area contributed by atoms with Crippen LogP contribution in [0.25, 0.3) is 0 Å². The number of aryl methyl sites for hydroxylation is 1. The summed E-state index contributed by atoms with van der Waals surface area (Å²) in [4.78, 5) is 32.0. The maximum Gasteiger partial charge on any atom is 0.321 e. The molecule has 2 heterocycles. The predicted octanol–water partition coefficient (Wildman–Crippen LogP) is 3.89. The highest BCUT2D eigenvalue weighted by molar-refractivity contribution is 6.31.